The Morgan fingerprint density at radius 2 is 2.11 bits per heavy atom. The van der Waals surface area contributed by atoms with E-state index in [-0.39, 0.29) is 11.4 Å². The summed E-state index contributed by atoms with van der Waals surface area (Å²) in [5.74, 6) is -0.978. The molecule has 0 aliphatic heterocycles. The summed E-state index contributed by atoms with van der Waals surface area (Å²) in [5.41, 5.74) is -0.137. The number of methoxy groups -OCH3 is 1. The summed E-state index contributed by atoms with van der Waals surface area (Å²) in [6, 6.07) is 0. The number of hydrogen-bond donors (Lipinski definition) is 0. The van der Waals surface area contributed by atoms with Gasteiger partial charge >= 0.3 is 6.18 Å². The minimum Gasteiger partial charge on any atom is -0.493 e. The maximum Gasteiger partial charge on any atom is 0.396 e. The molecule has 1 heterocycles. The van der Waals surface area contributed by atoms with Gasteiger partial charge in [-0.25, -0.2) is 0 Å². The summed E-state index contributed by atoms with van der Waals surface area (Å²) in [5, 5.41) is 3.89. The average Bonchev–Trinajstić information content (AvgIpc) is 2.66. The van der Waals surface area contributed by atoms with Crippen molar-refractivity contribution >= 4 is 5.78 Å². The standard InChI is InChI=1S/C11H16F3N3O2/c1-16(2)4-5-17-10(9(19-3)7-15-17)8(18)6-11(12,13)14/h7H,4-6H2,1-3H3. The van der Waals surface area contributed by atoms with Crippen LogP contribution in [0.3, 0.4) is 0 Å². The Balaban J connectivity index is 2.95. The molecule has 8 heteroatoms. The zero-order chi connectivity index (χ0) is 14.6. The van der Waals surface area contributed by atoms with E-state index in [9.17, 15) is 18.0 Å². The molecule has 0 bridgehead atoms. The van der Waals surface area contributed by atoms with Gasteiger partial charge in [0, 0.05) is 6.54 Å². The van der Waals surface area contributed by atoms with Crippen LogP contribution in [-0.4, -0.2) is 54.4 Å². The number of Topliss-reactive ketones (excluding diaryl/α,β-unsaturated/α-hetero) is 1. The third kappa shape index (κ3) is 4.55. The number of rotatable bonds is 6. The van der Waals surface area contributed by atoms with Gasteiger partial charge in [0.25, 0.3) is 0 Å². The number of ether oxygens (including phenoxy) is 1. The fourth-order valence-corrected chi connectivity index (χ4v) is 1.53. The summed E-state index contributed by atoms with van der Waals surface area (Å²) in [6.07, 6.45) is -4.81. The second-order valence-electron chi connectivity index (χ2n) is 4.30. The predicted octanol–water partition coefficient (Wildman–Crippen LogP) is 1.59. The van der Waals surface area contributed by atoms with Crippen molar-refractivity contribution in [2.45, 2.75) is 19.1 Å². The number of aromatic nitrogens is 2. The van der Waals surface area contributed by atoms with Crippen LogP contribution in [0.4, 0.5) is 13.2 Å². The topological polar surface area (TPSA) is 47.4 Å². The van der Waals surface area contributed by atoms with E-state index in [0.717, 1.165) is 0 Å². The van der Waals surface area contributed by atoms with E-state index < -0.39 is 18.4 Å². The van der Waals surface area contributed by atoms with E-state index in [0.29, 0.717) is 13.1 Å². The summed E-state index contributed by atoms with van der Waals surface area (Å²) >= 11 is 0. The van der Waals surface area contributed by atoms with Gasteiger partial charge in [-0.05, 0) is 14.1 Å². The monoisotopic (exact) mass is 279 g/mol. The van der Waals surface area contributed by atoms with Gasteiger partial charge in [-0.3, -0.25) is 9.48 Å². The molecule has 1 rings (SSSR count). The molecule has 0 atom stereocenters. The van der Waals surface area contributed by atoms with Gasteiger partial charge in [0.15, 0.2) is 11.5 Å². The Morgan fingerprint density at radius 1 is 1.47 bits per heavy atom. The SMILES string of the molecule is COc1cnn(CCN(C)C)c1C(=O)CC(F)(F)F. The third-order valence-corrected chi connectivity index (χ3v) is 2.41. The molecule has 0 fully saturated rings. The largest absolute Gasteiger partial charge is 0.493 e. The molecule has 0 N–H and O–H groups in total. The Morgan fingerprint density at radius 3 is 2.58 bits per heavy atom. The van der Waals surface area contributed by atoms with E-state index in [4.69, 9.17) is 4.74 Å². The van der Waals surface area contributed by atoms with Crippen molar-refractivity contribution in [3.05, 3.63) is 11.9 Å². The van der Waals surface area contributed by atoms with Crippen molar-refractivity contribution in [1.29, 1.82) is 0 Å². The van der Waals surface area contributed by atoms with Crippen molar-refractivity contribution in [3.63, 3.8) is 0 Å². The van der Waals surface area contributed by atoms with Gasteiger partial charge in [0.05, 0.1) is 19.9 Å². The van der Waals surface area contributed by atoms with Crippen LogP contribution in [-0.2, 0) is 6.54 Å². The molecule has 0 aliphatic rings. The molecule has 0 aromatic carbocycles. The average molecular weight is 279 g/mol. The fourth-order valence-electron chi connectivity index (χ4n) is 1.53. The number of carbonyl (C=O) groups excluding carboxylic acids is 1. The first kappa shape index (κ1) is 15.5. The molecular formula is C11H16F3N3O2. The molecule has 0 spiro atoms. The minimum absolute atomic E-state index is 0.0630. The molecule has 0 amide bonds. The number of hydrogen-bond acceptors (Lipinski definition) is 4. The van der Waals surface area contributed by atoms with Crippen molar-refractivity contribution in [2.75, 3.05) is 27.7 Å². The second kappa shape index (κ2) is 6.05. The van der Waals surface area contributed by atoms with Gasteiger partial charge in [0.2, 0.25) is 0 Å². The molecule has 108 valence electrons. The van der Waals surface area contributed by atoms with E-state index in [1.807, 2.05) is 19.0 Å². The molecule has 0 aliphatic carbocycles. The van der Waals surface area contributed by atoms with E-state index in [1.165, 1.54) is 18.0 Å². The van der Waals surface area contributed by atoms with Crippen LogP contribution in [0.1, 0.15) is 16.9 Å². The van der Waals surface area contributed by atoms with Crippen molar-refractivity contribution in [2.24, 2.45) is 0 Å². The molecular weight excluding hydrogens is 263 g/mol. The maximum atomic E-state index is 12.3. The highest BCUT2D eigenvalue weighted by atomic mass is 19.4. The first-order chi connectivity index (χ1) is 8.74. The summed E-state index contributed by atoms with van der Waals surface area (Å²) in [4.78, 5) is 13.5. The third-order valence-electron chi connectivity index (χ3n) is 2.41. The first-order valence-electron chi connectivity index (χ1n) is 5.59. The lowest BCUT2D eigenvalue weighted by atomic mass is 10.2. The van der Waals surface area contributed by atoms with Gasteiger partial charge in [-0.2, -0.15) is 18.3 Å². The van der Waals surface area contributed by atoms with Gasteiger partial charge in [0.1, 0.15) is 12.1 Å². The Bertz CT molecular complexity index is 441. The van der Waals surface area contributed by atoms with Gasteiger partial charge in [-0.15, -0.1) is 0 Å². The Kier molecular flexibility index (Phi) is 4.93. The number of likely N-dealkylation sites (N-methyl/N-ethyl adjacent to an activating group) is 1. The Labute approximate surface area is 108 Å². The van der Waals surface area contributed by atoms with Crippen LogP contribution in [0, 0.1) is 0 Å². The smallest absolute Gasteiger partial charge is 0.396 e. The normalized spacial score (nSPS) is 11.9. The quantitative estimate of drug-likeness (QED) is 0.742. The summed E-state index contributed by atoms with van der Waals surface area (Å²) in [6.45, 7) is 0.867. The van der Waals surface area contributed by atoms with Crippen molar-refractivity contribution in [3.8, 4) is 5.75 Å². The highest BCUT2D eigenvalue weighted by Gasteiger charge is 2.34. The van der Waals surface area contributed by atoms with Crippen LogP contribution in [0.15, 0.2) is 6.20 Å². The number of carbonyl (C=O) groups is 1. The molecule has 5 nitrogen and oxygen atoms in total. The Hall–Kier alpha value is -1.57. The van der Waals surface area contributed by atoms with Crippen molar-refractivity contribution < 1.29 is 22.7 Å². The zero-order valence-corrected chi connectivity index (χ0v) is 11.0. The minimum atomic E-state index is -4.54. The molecule has 0 saturated heterocycles. The number of nitrogens with zero attached hydrogens (tertiary/aromatic N) is 3. The highest BCUT2D eigenvalue weighted by Crippen LogP contribution is 2.26. The molecule has 0 unspecified atom stereocenters. The molecule has 0 radical (unpaired) electrons. The van der Waals surface area contributed by atoms with Crippen LogP contribution < -0.4 is 4.74 Å². The van der Waals surface area contributed by atoms with Crippen molar-refractivity contribution in [1.82, 2.24) is 14.7 Å². The van der Waals surface area contributed by atoms with Gasteiger partial charge in [-0.1, -0.05) is 0 Å². The van der Waals surface area contributed by atoms with Crippen LogP contribution in [0.5, 0.6) is 5.75 Å². The molecule has 1 aromatic heterocycles. The molecule has 0 saturated carbocycles. The number of ketones is 1. The zero-order valence-electron chi connectivity index (χ0n) is 11.0. The van der Waals surface area contributed by atoms with Crippen LogP contribution in [0.25, 0.3) is 0 Å². The number of alkyl halides is 3. The lowest BCUT2D eigenvalue weighted by molar-refractivity contribution is -0.125. The van der Waals surface area contributed by atoms with E-state index in [1.54, 1.807) is 0 Å². The highest BCUT2D eigenvalue weighted by molar-refractivity contribution is 5.97. The lowest BCUT2D eigenvalue weighted by Crippen LogP contribution is -2.23. The first-order valence-corrected chi connectivity index (χ1v) is 5.59. The molecule has 19 heavy (non-hydrogen) atoms. The maximum absolute atomic E-state index is 12.3. The molecule has 1 aromatic rings. The predicted molar refractivity (Wildman–Crippen MR) is 62.3 cm³/mol. The van der Waals surface area contributed by atoms with E-state index in [2.05, 4.69) is 5.10 Å². The second-order valence-corrected chi connectivity index (χ2v) is 4.30. The summed E-state index contributed by atoms with van der Waals surface area (Å²) in [7, 11) is 4.92. The summed E-state index contributed by atoms with van der Waals surface area (Å²) < 4.78 is 43.0. The van der Waals surface area contributed by atoms with Crippen LogP contribution in [0.2, 0.25) is 0 Å². The number of halogens is 3. The van der Waals surface area contributed by atoms with Gasteiger partial charge < -0.3 is 9.64 Å². The lowest BCUT2D eigenvalue weighted by Gasteiger charge is -2.12. The van der Waals surface area contributed by atoms with Crippen LogP contribution >= 0.6 is 0 Å². The fraction of sp³-hybridized carbons (Fsp3) is 0.636. The van der Waals surface area contributed by atoms with E-state index >= 15 is 0 Å².